The molecule has 0 radical (unpaired) electrons. The van der Waals surface area contributed by atoms with E-state index >= 15 is 0 Å². The molecule has 1 fully saturated rings. The molecule has 3 heteroatoms. The van der Waals surface area contributed by atoms with Gasteiger partial charge in [0.05, 0.1) is 0 Å². The molecular formula is C17H19ClN2. The average Bonchev–Trinajstić information content (AvgIpc) is 2.49. The van der Waals surface area contributed by atoms with Crippen LogP contribution in [0, 0.1) is 0 Å². The van der Waals surface area contributed by atoms with Gasteiger partial charge in [0, 0.05) is 36.4 Å². The molecule has 2 aromatic carbocycles. The van der Waals surface area contributed by atoms with Crippen LogP contribution in [-0.4, -0.2) is 25.7 Å². The summed E-state index contributed by atoms with van der Waals surface area (Å²) < 4.78 is 0. The minimum absolute atomic E-state index is 0.476. The molecule has 20 heavy (non-hydrogen) atoms. The molecule has 0 aliphatic carbocycles. The predicted molar refractivity (Wildman–Crippen MR) is 85.6 cm³/mol. The van der Waals surface area contributed by atoms with Crippen LogP contribution < -0.4 is 10.2 Å². The number of hydrogen-bond acceptors (Lipinski definition) is 2. The monoisotopic (exact) mass is 286 g/mol. The maximum absolute atomic E-state index is 6.13. The number of nitrogens with zero attached hydrogens (tertiary/aromatic N) is 1. The van der Waals surface area contributed by atoms with E-state index in [0.717, 1.165) is 31.1 Å². The largest absolute Gasteiger partial charge is 0.366 e. The molecule has 1 unspecified atom stereocenters. The van der Waals surface area contributed by atoms with Gasteiger partial charge in [-0.2, -0.15) is 0 Å². The summed E-state index contributed by atoms with van der Waals surface area (Å²) in [5.74, 6) is 0. The third-order valence-corrected chi connectivity index (χ3v) is 4.04. The van der Waals surface area contributed by atoms with E-state index in [1.54, 1.807) is 0 Å². The molecule has 1 atom stereocenters. The third-order valence-electron chi connectivity index (χ3n) is 3.80. The highest BCUT2D eigenvalue weighted by Crippen LogP contribution is 2.23. The normalized spacial score (nSPS) is 19.1. The smallest absolute Gasteiger partial charge is 0.0455 e. The zero-order valence-electron chi connectivity index (χ0n) is 11.4. The van der Waals surface area contributed by atoms with Gasteiger partial charge in [-0.3, -0.25) is 0 Å². The molecule has 0 aromatic heterocycles. The van der Waals surface area contributed by atoms with Crippen molar-refractivity contribution in [1.82, 2.24) is 5.32 Å². The van der Waals surface area contributed by atoms with Crippen molar-refractivity contribution in [2.45, 2.75) is 12.5 Å². The highest BCUT2D eigenvalue weighted by atomic mass is 35.5. The summed E-state index contributed by atoms with van der Waals surface area (Å²) >= 11 is 6.13. The van der Waals surface area contributed by atoms with E-state index in [1.807, 2.05) is 12.1 Å². The Balaban J connectivity index is 1.80. The summed E-state index contributed by atoms with van der Waals surface area (Å²) in [7, 11) is 0. The minimum Gasteiger partial charge on any atom is -0.366 e. The van der Waals surface area contributed by atoms with Crippen molar-refractivity contribution in [2.24, 2.45) is 0 Å². The fourth-order valence-electron chi connectivity index (χ4n) is 2.82. The Morgan fingerprint density at radius 3 is 2.75 bits per heavy atom. The molecule has 1 aliphatic heterocycles. The lowest BCUT2D eigenvalue weighted by Crippen LogP contribution is -2.52. The van der Waals surface area contributed by atoms with Gasteiger partial charge in [0.15, 0.2) is 0 Å². The lowest BCUT2D eigenvalue weighted by atomic mass is 10.0. The molecule has 2 nitrogen and oxygen atoms in total. The SMILES string of the molecule is Clc1cccc(N2CCNCC2Cc2ccccc2)c1. The van der Waals surface area contributed by atoms with Crippen LogP contribution in [0.2, 0.25) is 5.02 Å². The van der Waals surface area contributed by atoms with Gasteiger partial charge < -0.3 is 10.2 Å². The van der Waals surface area contributed by atoms with Crippen molar-refractivity contribution in [3.63, 3.8) is 0 Å². The van der Waals surface area contributed by atoms with Crippen LogP contribution in [0.5, 0.6) is 0 Å². The number of halogens is 1. The summed E-state index contributed by atoms with van der Waals surface area (Å²) in [4.78, 5) is 2.47. The standard InChI is InChI=1S/C17H19ClN2/c18-15-7-4-8-16(12-15)20-10-9-19-13-17(20)11-14-5-2-1-3-6-14/h1-8,12,17,19H,9-11,13H2. The van der Waals surface area contributed by atoms with Crippen molar-refractivity contribution in [3.05, 3.63) is 65.2 Å². The van der Waals surface area contributed by atoms with Crippen LogP contribution in [0.15, 0.2) is 54.6 Å². The second kappa shape index (κ2) is 6.29. The molecule has 2 aromatic rings. The number of hydrogen-bond donors (Lipinski definition) is 1. The summed E-state index contributed by atoms with van der Waals surface area (Å²) in [5, 5.41) is 4.30. The fraction of sp³-hybridized carbons (Fsp3) is 0.294. The van der Waals surface area contributed by atoms with E-state index in [0.29, 0.717) is 6.04 Å². The first kappa shape index (κ1) is 13.5. The van der Waals surface area contributed by atoms with Gasteiger partial charge in [0.25, 0.3) is 0 Å². The summed E-state index contributed by atoms with van der Waals surface area (Å²) in [6, 6.07) is 19.3. The Morgan fingerprint density at radius 2 is 1.95 bits per heavy atom. The summed E-state index contributed by atoms with van der Waals surface area (Å²) in [6.45, 7) is 3.07. The van der Waals surface area contributed by atoms with Gasteiger partial charge in [-0.25, -0.2) is 0 Å². The van der Waals surface area contributed by atoms with Crippen LogP contribution in [0.1, 0.15) is 5.56 Å². The molecule has 1 aliphatic rings. The second-order valence-corrected chi connectivity index (χ2v) is 5.66. The van der Waals surface area contributed by atoms with E-state index < -0.39 is 0 Å². The van der Waals surface area contributed by atoms with Crippen molar-refractivity contribution in [1.29, 1.82) is 0 Å². The first-order valence-electron chi connectivity index (χ1n) is 7.10. The highest BCUT2D eigenvalue weighted by Gasteiger charge is 2.22. The van der Waals surface area contributed by atoms with Crippen LogP contribution in [0.3, 0.4) is 0 Å². The highest BCUT2D eigenvalue weighted by molar-refractivity contribution is 6.30. The first-order valence-corrected chi connectivity index (χ1v) is 7.47. The Morgan fingerprint density at radius 1 is 1.10 bits per heavy atom. The van der Waals surface area contributed by atoms with Crippen LogP contribution >= 0.6 is 11.6 Å². The molecule has 1 N–H and O–H groups in total. The van der Waals surface area contributed by atoms with Gasteiger partial charge in [-0.05, 0) is 30.2 Å². The fourth-order valence-corrected chi connectivity index (χ4v) is 3.01. The first-order chi connectivity index (χ1) is 9.83. The van der Waals surface area contributed by atoms with E-state index in [9.17, 15) is 0 Å². The van der Waals surface area contributed by atoms with Gasteiger partial charge in [0.2, 0.25) is 0 Å². The van der Waals surface area contributed by atoms with Crippen molar-refractivity contribution < 1.29 is 0 Å². The Labute approximate surface area is 125 Å². The quantitative estimate of drug-likeness (QED) is 0.931. The van der Waals surface area contributed by atoms with Gasteiger partial charge in [-0.15, -0.1) is 0 Å². The number of benzene rings is 2. The number of nitrogens with one attached hydrogen (secondary N) is 1. The summed E-state index contributed by atoms with van der Waals surface area (Å²) in [5.41, 5.74) is 2.60. The summed E-state index contributed by atoms with van der Waals surface area (Å²) in [6.07, 6.45) is 1.06. The lowest BCUT2D eigenvalue weighted by molar-refractivity contribution is 0.473. The van der Waals surface area contributed by atoms with Crippen LogP contribution in [-0.2, 0) is 6.42 Å². The van der Waals surface area contributed by atoms with E-state index in [2.05, 4.69) is 52.7 Å². The maximum Gasteiger partial charge on any atom is 0.0455 e. The zero-order chi connectivity index (χ0) is 13.8. The van der Waals surface area contributed by atoms with Crippen molar-refractivity contribution in [2.75, 3.05) is 24.5 Å². The maximum atomic E-state index is 6.13. The minimum atomic E-state index is 0.476. The zero-order valence-corrected chi connectivity index (χ0v) is 12.2. The molecule has 1 saturated heterocycles. The predicted octanol–water partition coefficient (Wildman–Crippen LogP) is 3.36. The molecule has 3 rings (SSSR count). The number of anilines is 1. The molecular weight excluding hydrogens is 268 g/mol. The number of piperazine rings is 1. The van der Waals surface area contributed by atoms with Gasteiger partial charge in [0.1, 0.15) is 0 Å². The molecule has 0 saturated carbocycles. The van der Waals surface area contributed by atoms with Gasteiger partial charge in [-0.1, -0.05) is 48.0 Å². The Bertz CT molecular complexity index is 556. The molecule has 104 valence electrons. The number of rotatable bonds is 3. The van der Waals surface area contributed by atoms with Crippen LogP contribution in [0.25, 0.3) is 0 Å². The molecule has 0 spiro atoms. The molecule has 1 heterocycles. The van der Waals surface area contributed by atoms with E-state index in [-0.39, 0.29) is 0 Å². The van der Waals surface area contributed by atoms with Gasteiger partial charge >= 0.3 is 0 Å². The van der Waals surface area contributed by atoms with E-state index in [1.165, 1.54) is 11.3 Å². The second-order valence-electron chi connectivity index (χ2n) is 5.22. The van der Waals surface area contributed by atoms with E-state index in [4.69, 9.17) is 11.6 Å². The average molecular weight is 287 g/mol. The Kier molecular flexibility index (Phi) is 4.24. The third kappa shape index (κ3) is 3.14. The lowest BCUT2D eigenvalue weighted by Gasteiger charge is -2.38. The molecule has 0 amide bonds. The molecule has 0 bridgehead atoms. The van der Waals surface area contributed by atoms with Crippen LogP contribution in [0.4, 0.5) is 5.69 Å². The van der Waals surface area contributed by atoms with Crippen molar-refractivity contribution in [3.8, 4) is 0 Å². The Hall–Kier alpha value is -1.51. The van der Waals surface area contributed by atoms with Crippen molar-refractivity contribution >= 4 is 17.3 Å². The topological polar surface area (TPSA) is 15.3 Å².